The number of Topliss-reactive ketones (excluding diaryl/α,β-unsaturated/α-hetero) is 1. The molecule has 8 heteroatoms. The summed E-state index contributed by atoms with van der Waals surface area (Å²) in [4.78, 5) is 22.3. The number of fused-ring (bicyclic) bond motifs is 1. The second-order valence-corrected chi connectivity index (χ2v) is 15.4. The second kappa shape index (κ2) is 19.6. The third kappa shape index (κ3) is 10.3. The van der Waals surface area contributed by atoms with Crippen LogP contribution < -0.4 is 9.47 Å². The van der Waals surface area contributed by atoms with E-state index < -0.39 is 12.0 Å². The van der Waals surface area contributed by atoms with Crippen LogP contribution in [0.3, 0.4) is 0 Å². The Balaban J connectivity index is 1.30. The molecular formula is C49H57N2O6+. The fourth-order valence-electron chi connectivity index (χ4n) is 8.30. The average molecular weight is 770 g/mol. The number of H-pyrrole nitrogens is 1. The molecular weight excluding hydrogens is 713 g/mol. The van der Waals surface area contributed by atoms with Gasteiger partial charge in [-0.15, -0.1) is 4.99 Å². The van der Waals surface area contributed by atoms with Gasteiger partial charge in [-0.05, 0) is 101 Å². The number of phenols is 2. The lowest BCUT2D eigenvalue weighted by Gasteiger charge is -2.26. The average Bonchev–Trinajstić information content (AvgIpc) is 3.91. The topological polar surface area (TPSA) is 124 Å². The number of rotatable bonds is 21. The van der Waals surface area contributed by atoms with Crippen molar-refractivity contribution in [3.05, 3.63) is 136 Å². The maximum absolute atomic E-state index is 14.5. The highest BCUT2D eigenvalue weighted by Crippen LogP contribution is 2.39. The van der Waals surface area contributed by atoms with Crippen molar-refractivity contribution in [2.24, 2.45) is 16.8 Å². The lowest BCUT2D eigenvalue weighted by Crippen LogP contribution is -2.31. The van der Waals surface area contributed by atoms with Crippen molar-refractivity contribution in [2.45, 2.75) is 90.6 Å². The largest absolute Gasteiger partial charge is 0.504 e. The predicted octanol–water partition coefficient (Wildman–Crippen LogP) is 9.84. The van der Waals surface area contributed by atoms with Crippen LogP contribution in [0, 0.1) is 17.9 Å². The first-order chi connectivity index (χ1) is 27.7. The first-order valence-electron chi connectivity index (χ1n) is 20.4. The van der Waals surface area contributed by atoms with Crippen LogP contribution >= 0.6 is 0 Å². The molecule has 0 saturated carbocycles. The number of hydrogen-bond donors (Lipinski definition) is 4. The highest BCUT2D eigenvalue weighted by molar-refractivity contribution is 5.88. The number of aromatic amines is 1. The number of ether oxygens (including phenoxy) is 2. The normalized spacial score (nSPS) is 14.1. The van der Waals surface area contributed by atoms with E-state index in [2.05, 4.69) is 60.2 Å². The Morgan fingerprint density at radius 3 is 2.40 bits per heavy atom. The number of benzene rings is 4. The molecule has 0 radical (unpaired) electrons. The Bertz CT molecular complexity index is 2170. The molecule has 5 aromatic rings. The number of aliphatic hydroxyl groups excluding tert-OH is 1. The van der Waals surface area contributed by atoms with E-state index in [0.717, 1.165) is 76.7 Å². The van der Waals surface area contributed by atoms with E-state index in [1.807, 2.05) is 42.9 Å². The number of ketones is 1. The standard InChI is InChI=1S/C49H56N2O6/c1-5-7-8-12-40-25-34(31-51-40)24-38(22-32-14-18-44(52)48(26-32)56-3)46(54)29-47(55)39(23-33-20-21-50-30-33)27-37-17-19-45(53)49(57-4)43(37)28-42-35(6-2)15-16-36-11-9-10-13-41(36)42/h9-11,13-21,25-26,30-31,38-39,47,50,55H,5-8,12,22-24,27-29H2,1-4H3,(H-,52,53)/p+1. The number of phenolic OH excluding ortho intramolecular Hbond substituents is 2. The van der Waals surface area contributed by atoms with E-state index in [-0.39, 0.29) is 29.6 Å². The van der Waals surface area contributed by atoms with Crippen molar-refractivity contribution in [3.63, 3.8) is 0 Å². The third-order valence-corrected chi connectivity index (χ3v) is 11.5. The molecule has 57 heavy (non-hydrogen) atoms. The van der Waals surface area contributed by atoms with Gasteiger partial charge < -0.3 is 29.8 Å². The Hall–Kier alpha value is -5.47. The minimum atomic E-state index is -0.956. The molecule has 0 bridgehead atoms. The van der Waals surface area contributed by atoms with Gasteiger partial charge in [0, 0.05) is 49.6 Å². The van der Waals surface area contributed by atoms with Gasteiger partial charge in [-0.2, -0.15) is 0 Å². The van der Waals surface area contributed by atoms with Gasteiger partial charge in [0.15, 0.2) is 29.2 Å². The van der Waals surface area contributed by atoms with Crippen LogP contribution in [0.25, 0.3) is 10.8 Å². The number of methoxy groups -OCH3 is 2. The number of aliphatic hydroxyl groups is 1. The zero-order valence-corrected chi connectivity index (χ0v) is 33.8. The van der Waals surface area contributed by atoms with E-state index in [1.165, 1.54) is 18.2 Å². The quantitative estimate of drug-likeness (QED) is 0.0435. The Labute approximate surface area is 337 Å². The van der Waals surface area contributed by atoms with Crippen molar-refractivity contribution in [2.75, 3.05) is 14.2 Å². The number of aromatic nitrogens is 1. The molecule has 2 heterocycles. The van der Waals surface area contributed by atoms with E-state index in [0.29, 0.717) is 43.6 Å². The first-order valence-corrected chi connectivity index (χ1v) is 20.4. The van der Waals surface area contributed by atoms with Crippen LogP contribution in [-0.4, -0.2) is 52.6 Å². The smallest absolute Gasteiger partial charge is 0.176 e. The number of carbonyl (C=O) groups excluding carboxylic acids is 1. The number of aliphatic imine (C=N–C) groups is 1. The van der Waals surface area contributed by atoms with Crippen LogP contribution in [-0.2, 0) is 36.9 Å². The van der Waals surface area contributed by atoms with Crippen molar-refractivity contribution in [1.82, 2.24) is 4.98 Å². The number of nitrogens with one attached hydrogen (secondary N) is 1. The Morgan fingerprint density at radius 2 is 1.65 bits per heavy atom. The van der Waals surface area contributed by atoms with Crippen LogP contribution in [0.15, 0.2) is 102 Å². The third-order valence-electron chi connectivity index (χ3n) is 11.5. The fraction of sp³-hybridized carbons (Fsp3) is 0.367. The number of aromatic hydroxyl groups is 2. The van der Waals surface area contributed by atoms with Crippen LogP contribution in [0.4, 0.5) is 0 Å². The summed E-state index contributed by atoms with van der Waals surface area (Å²) in [7, 11) is 3.09. The van der Waals surface area contributed by atoms with Gasteiger partial charge in [-0.3, -0.25) is 4.79 Å². The summed E-state index contributed by atoms with van der Waals surface area (Å²) in [5, 5.41) is 35.8. The maximum Gasteiger partial charge on any atom is 0.176 e. The molecule has 4 aromatic carbocycles. The summed E-state index contributed by atoms with van der Waals surface area (Å²) >= 11 is 0. The Kier molecular flexibility index (Phi) is 14.2. The van der Waals surface area contributed by atoms with Crippen molar-refractivity contribution in [3.8, 4) is 23.0 Å². The van der Waals surface area contributed by atoms with Gasteiger partial charge in [0.2, 0.25) is 0 Å². The Morgan fingerprint density at radius 1 is 0.842 bits per heavy atom. The van der Waals surface area contributed by atoms with Crippen LogP contribution in [0.1, 0.15) is 85.8 Å². The van der Waals surface area contributed by atoms with Gasteiger partial charge in [0.1, 0.15) is 17.4 Å². The highest BCUT2D eigenvalue weighted by Gasteiger charge is 2.32. The molecule has 0 amide bonds. The number of nitrogens with zero attached hydrogens (tertiary/aromatic N) is 1. The van der Waals surface area contributed by atoms with E-state index in [1.54, 1.807) is 25.3 Å². The van der Waals surface area contributed by atoms with E-state index in [4.69, 9.17) is 9.47 Å². The zero-order chi connectivity index (χ0) is 40.3. The molecule has 1 aliphatic rings. The molecule has 0 spiro atoms. The van der Waals surface area contributed by atoms with Gasteiger partial charge in [0.25, 0.3) is 0 Å². The summed E-state index contributed by atoms with van der Waals surface area (Å²) in [5.41, 5.74) is 7.14. The highest BCUT2D eigenvalue weighted by atomic mass is 16.5. The number of allylic oxidation sites excluding steroid dienone is 1. The number of carbonyl (C=O) groups is 1. The van der Waals surface area contributed by atoms with Gasteiger partial charge in [-0.25, -0.2) is 0 Å². The SMILES string of the molecule is CCCCC[C+]1C=C(CC(Cc2ccc(O)c(OC)c2)C(=O)CC(O)C(Cc2cc[nH]c2)Cc2ccc(O)c(OC)c2Cc2c(CC)ccc3ccccc23)C=N1. The predicted molar refractivity (Wildman–Crippen MR) is 229 cm³/mol. The molecule has 3 unspecified atom stereocenters. The number of unbranched alkanes of at least 4 members (excludes halogenated alkanes) is 2. The molecule has 1 aromatic heterocycles. The summed E-state index contributed by atoms with van der Waals surface area (Å²) in [6.45, 7) is 4.34. The molecule has 1 aliphatic heterocycles. The van der Waals surface area contributed by atoms with Crippen molar-refractivity contribution in [1.29, 1.82) is 0 Å². The van der Waals surface area contributed by atoms with Gasteiger partial charge >= 0.3 is 0 Å². The van der Waals surface area contributed by atoms with Crippen LogP contribution in [0.5, 0.6) is 23.0 Å². The lowest BCUT2D eigenvalue weighted by molar-refractivity contribution is -0.125. The van der Waals surface area contributed by atoms with E-state index in [9.17, 15) is 20.1 Å². The zero-order valence-electron chi connectivity index (χ0n) is 33.8. The summed E-state index contributed by atoms with van der Waals surface area (Å²) < 4.78 is 11.3. The monoisotopic (exact) mass is 769 g/mol. The summed E-state index contributed by atoms with van der Waals surface area (Å²) in [6, 6.07) is 24.5. The van der Waals surface area contributed by atoms with Crippen LogP contribution in [0.2, 0.25) is 0 Å². The van der Waals surface area contributed by atoms with E-state index >= 15 is 0 Å². The fourth-order valence-corrected chi connectivity index (χ4v) is 8.30. The summed E-state index contributed by atoms with van der Waals surface area (Å²) in [5.74, 6) is 0.101. The second-order valence-electron chi connectivity index (χ2n) is 15.4. The molecule has 3 atom stereocenters. The number of hydrogen-bond acceptors (Lipinski definition) is 7. The molecule has 298 valence electrons. The number of aryl methyl sites for hydroxylation is 1. The van der Waals surface area contributed by atoms with Gasteiger partial charge in [0.05, 0.1) is 26.4 Å². The molecule has 0 saturated heterocycles. The minimum absolute atomic E-state index is 0.0275. The minimum Gasteiger partial charge on any atom is -0.504 e. The molecule has 4 N–H and O–H groups in total. The molecule has 0 aliphatic carbocycles. The first kappa shape index (κ1) is 41.2. The lowest BCUT2D eigenvalue weighted by atomic mass is 9.81. The molecule has 6 rings (SSSR count). The summed E-state index contributed by atoms with van der Waals surface area (Å²) in [6.07, 6.45) is 14.4. The van der Waals surface area contributed by atoms with Crippen molar-refractivity contribution >= 4 is 22.8 Å². The molecule has 0 fully saturated rings. The van der Waals surface area contributed by atoms with Crippen molar-refractivity contribution < 1.29 is 29.6 Å². The maximum atomic E-state index is 14.5. The molecule has 8 nitrogen and oxygen atoms in total. The van der Waals surface area contributed by atoms with Gasteiger partial charge in [-0.1, -0.05) is 75.2 Å².